The molecule has 1 aliphatic heterocycles. The summed E-state index contributed by atoms with van der Waals surface area (Å²) in [6, 6.07) is 0. The van der Waals surface area contributed by atoms with Crippen molar-refractivity contribution in [3.8, 4) is 0 Å². The number of halogens is 1. The van der Waals surface area contributed by atoms with Gasteiger partial charge < -0.3 is 4.42 Å². The molecule has 0 N–H and O–H groups in total. The lowest BCUT2D eigenvalue weighted by atomic mass is 10.3. The second-order valence-electron chi connectivity index (χ2n) is 2.91. The van der Waals surface area contributed by atoms with Gasteiger partial charge in [-0.15, -0.1) is 0 Å². The van der Waals surface area contributed by atoms with Gasteiger partial charge in [-0.25, -0.2) is 8.42 Å². The second-order valence-corrected chi connectivity index (χ2v) is 5.76. The molecule has 5 heteroatoms. The minimum atomic E-state index is -2.93. The molecule has 12 heavy (non-hydrogen) atoms. The van der Waals surface area contributed by atoms with Crippen LogP contribution in [-0.4, -0.2) is 8.42 Å². The van der Waals surface area contributed by atoms with E-state index in [2.05, 4.69) is 15.9 Å². The molecule has 1 aromatic heterocycles. The molecule has 0 unspecified atom stereocenters. The SMILES string of the molecule is Cc1oc2c(c1Br)CS(=O)(=O)C2. The predicted octanol–water partition coefficient (Wildman–Crippen LogP) is 1.78. The van der Waals surface area contributed by atoms with Gasteiger partial charge in [-0.05, 0) is 22.9 Å². The zero-order valence-corrected chi connectivity index (χ0v) is 8.83. The first-order valence-electron chi connectivity index (χ1n) is 3.47. The Balaban J connectivity index is 2.60. The maximum absolute atomic E-state index is 11.1. The highest BCUT2D eigenvalue weighted by atomic mass is 79.9. The molecule has 2 rings (SSSR count). The standard InChI is InChI=1S/C7H7BrO3S/c1-4-7(8)5-2-12(9,10)3-6(5)11-4/h2-3H2,1H3. The van der Waals surface area contributed by atoms with E-state index >= 15 is 0 Å². The van der Waals surface area contributed by atoms with Gasteiger partial charge in [-0.2, -0.15) is 0 Å². The van der Waals surface area contributed by atoms with E-state index in [4.69, 9.17) is 4.42 Å². The Morgan fingerprint density at radius 2 is 2.08 bits per heavy atom. The van der Waals surface area contributed by atoms with Crippen molar-refractivity contribution in [2.75, 3.05) is 0 Å². The van der Waals surface area contributed by atoms with Gasteiger partial charge in [0.25, 0.3) is 0 Å². The number of furan rings is 1. The van der Waals surface area contributed by atoms with Crippen molar-refractivity contribution in [3.05, 3.63) is 21.6 Å². The quantitative estimate of drug-likeness (QED) is 0.706. The van der Waals surface area contributed by atoms with Crippen LogP contribution in [0.15, 0.2) is 8.89 Å². The minimum Gasteiger partial charge on any atom is -0.464 e. The first-order valence-corrected chi connectivity index (χ1v) is 6.08. The maximum atomic E-state index is 11.1. The number of fused-ring (bicyclic) bond motifs is 1. The van der Waals surface area contributed by atoms with Crippen molar-refractivity contribution in [1.82, 2.24) is 0 Å². The molecule has 0 saturated heterocycles. The molecule has 0 aromatic carbocycles. The summed E-state index contributed by atoms with van der Waals surface area (Å²) in [5.41, 5.74) is 0.799. The van der Waals surface area contributed by atoms with Gasteiger partial charge in [-0.3, -0.25) is 0 Å². The molecular weight excluding hydrogens is 244 g/mol. The van der Waals surface area contributed by atoms with Crippen LogP contribution in [0.4, 0.5) is 0 Å². The topological polar surface area (TPSA) is 47.3 Å². The molecule has 0 radical (unpaired) electrons. The summed E-state index contributed by atoms with van der Waals surface area (Å²) in [7, 11) is -2.93. The van der Waals surface area contributed by atoms with Gasteiger partial charge in [0, 0.05) is 5.56 Å². The summed E-state index contributed by atoms with van der Waals surface area (Å²) in [4.78, 5) is 0. The molecule has 0 atom stereocenters. The van der Waals surface area contributed by atoms with E-state index in [0.29, 0.717) is 5.76 Å². The Morgan fingerprint density at radius 1 is 1.42 bits per heavy atom. The lowest BCUT2D eigenvalue weighted by Gasteiger charge is -1.91. The summed E-state index contributed by atoms with van der Waals surface area (Å²) >= 11 is 3.29. The molecule has 0 spiro atoms. The van der Waals surface area contributed by atoms with Gasteiger partial charge >= 0.3 is 0 Å². The highest BCUT2D eigenvalue weighted by molar-refractivity contribution is 9.10. The molecule has 0 bridgehead atoms. The summed E-state index contributed by atoms with van der Waals surface area (Å²) < 4.78 is 28.3. The second kappa shape index (κ2) is 2.35. The van der Waals surface area contributed by atoms with Gasteiger partial charge in [0.2, 0.25) is 0 Å². The van der Waals surface area contributed by atoms with Crippen molar-refractivity contribution in [1.29, 1.82) is 0 Å². The fourth-order valence-electron chi connectivity index (χ4n) is 1.36. The third-order valence-corrected chi connectivity index (χ3v) is 4.37. The average molecular weight is 251 g/mol. The van der Waals surface area contributed by atoms with Gasteiger partial charge in [0.15, 0.2) is 9.84 Å². The van der Waals surface area contributed by atoms with E-state index in [1.54, 1.807) is 0 Å². The molecule has 0 saturated carbocycles. The third-order valence-electron chi connectivity index (χ3n) is 1.90. The number of rotatable bonds is 0. The lowest BCUT2D eigenvalue weighted by molar-refractivity contribution is 0.496. The maximum Gasteiger partial charge on any atom is 0.161 e. The van der Waals surface area contributed by atoms with Crippen LogP contribution in [0.3, 0.4) is 0 Å². The third kappa shape index (κ3) is 1.11. The number of hydrogen-bond donors (Lipinski definition) is 0. The Hall–Kier alpha value is -0.290. The van der Waals surface area contributed by atoms with E-state index in [1.165, 1.54) is 0 Å². The fraction of sp³-hybridized carbons (Fsp3) is 0.429. The van der Waals surface area contributed by atoms with Crippen LogP contribution in [0.25, 0.3) is 0 Å². The van der Waals surface area contributed by atoms with Crippen molar-refractivity contribution >= 4 is 25.8 Å². The van der Waals surface area contributed by atoms with Gasteiger partial charge in [0.05, 0.1) is 10.2 Å². The largest absolute Gasteiger partial charge is 0.464 e. The molecule has 0 fully saturated rings. The van der Waals surface area contributed by atoms with Crippen LogP contribution in [0.1, 0.15) is 17.1 Å². The fourth-order valence-corrected chi connectivity index (χ4v) is 3.46. The van der Waals surface area contributed by atoms with Crippen LogP contribution in [0.5, 0.6) is 0 Å². The van der Waals surface area contributed by atoms with Crippen LogP contribution < -0.4 is 0 Å². The van der Waals surface area contributed by atoms with Crippen molar-refractivity contribution in [2.24, 2.45) is 0 Å². The van der Waals surface area contributed by atoms with E-state index < -0.39 is 9.84 Å². The van der Waals surface area contributed by atoms with E-state index in [-0.39, 0.29) is 11.5 Å². The van der Waals surface area contributed by atoms with Crippen LogP contribution in [0, 0.1) is 6.92 Å². The molecule has 66 valence electrons. The number of aryl methyl sites for hydroxylation is 1. The number of sulfone groups is 1. The van der Waals surface area contributed by atoms with Crippen molar-refractivity contribution < 1.29 is 12.8 Å². The molecule has 1 aliphatic rings. The van der Waals surface area contributed by atoms with E-state index in [1.807, 2.05) is 6.92 Å². The monoisotopic (exact) mass is 250 g/mol. The molecule has 0 amide bonds. The minimum absolute atomic E-state index is 0.0504. The Labute approximate surface area is 78.8 Å². The van der Waals surface area contributed by atoms with Crippen molar-refractivity contribution in [3.63, 3.8) is 0 Å². The zero-order chi connectivity index (χ0) is 8.93. The number of hydrogen-bond acceptors (Lipinski definition) is 3. The Morgan fingerprint density at radius 3 is 2.67 bits per heavy atom. The predicted molar refractivity (Wildman–Crippen MR) is 47.5 cm³/mol. The van der Waals surface area contributed by atoms with Crippen LogP contribution >= 0.6 is 15.9 Å². The summed E-state index contributed by atoms with van der Waals surface area (Å²) in [5, 5.41) is 0. The van der Waals surface area contributed by atoms with E-state index in [0.717, 1.165) is 15.8 Å². The summed E-state index contributed by atoms with van der Waals surface area (Å²) in [6.07, 6.45) is 0. The Bertz CT molecular complexity index is 430. The van der Waals surface area contributed by atoms with Crippen molar-refractivity contribution in [2.45, 2.75) is 18.4 Å². The highest BCUT2D eigenvalue weighted by Crippen LogP contribution is 2.35. The van der Waals surface area contributed by atoms with Crippen LogP contribution in [-0.2, 0) is 21.3 Å². The Kier molecular flexibility index (Phi) is 1.63. The molecular formula is C7H7BrO3S. The first-order chi connectivity index (χ1) is 5.49. The summed E-state index contributed by atoms with van der Waals surface area (Å²) in [6.45, 7) is 1.81. The normalized spacial score (nSPS) is 19.5. The zero-order valence-electron chi connectivity index (χ0n) is 6.43. The average Bonchev–Trinajstić information content (AvgIpc) is 2.33. The van der Waals surface area contributed by atoms with Crippen LogP contribution in [0.2, 0.25) is 0 Å². The molecule has 0 aliphatic carbocycles. The smallest absolute Gasteiger partial charge is 0.161 e. The first kappa shape index (κ1) is 8.31. The van der Waals surface area contributed by atoms with Gasteiger partial charge in [0.1, 0.15) is 17.3 Å². The molecule has 1 aromatic rings. The molecule has 3 nitrogen and oxygen atoms in total. The molecule has 2 heterocycles. The highest BCUT2D eigenvalue weighted by Gasteiger charge is 2.31. The van der Waals surface area contributed by atoms with Gasteiger partial charge in [-0.1, -0.05) is 0 Å². The summed E-state index contributed by atoms with van der Waals surface area (Å²) in [5.74, 6) is 1.52. The lowest BCUT2D eigenvalue weighted by Crippen LogP contribution is -1.96. The van der Waals surface area contributed by atoms with E-state index in [9.17, 15) is 8.42 Å².